The Hall–Kier alpha value is -1.75. The number of carbonyl (C=O) groups excluding carboxylic acids is 1. The van der Waals surface area contributed by atoms with E-state index in [4.69, 9.17) is 0 Å². The van der Waals surface area contributed by atoms with Crippen molar-refractivity contribution in [2.45, 2.75) is 45.1 Å². The molecule has 0 bridgehead atoms. The van der Waals surface area contributed by atoms with Crippen molar-refractivity contribution in [2.24, 2.45) is 5.92 Å². The van der Waals surface area contributed by atoms with Gasteiger partial charge in [0.25, 0.3) is 0 Å². The average Bonchev–Trinajstić information content (AvgIpc) is 3.24. The van der Waals surface area contributed by atoms with Crippen LogP contribution in [0.15, 0.2) is 29.2 Å². The number of carbonyl (C=O) groups is 1. The van der Waals surface area contributed by atoms with E-state index < -0.39 is 0 Å². The van der Waals surface area contributed by atoms with Crippen LogP contribution in [0.25, 0.3) is 11.3 Å². The minimum atomic E-state index is 0.119. The quantitative estimate of drug-likeness (QED) is 0.882. The minimum absolute atomic E-state index is 0.119. The number of nitrogens with zero attached hydrogens (tertiary/aromatic N) is 2. The lowest BCUT2D eigenvalue weighted by atomic mass is 10.0. The fourth-order valence-corrected chi connectivity index (χ4v) is 3.68. The van der Waals surface area contributed by atoms with Gasteiger partial charge in [0.05, 0.1) is 17.9 Å². The third-order valence-electron chi connectivity index (χ3n) is 4.28. The standard InChI is InChI=1S/C17H21N3OS/c21-16(6-5-13-3-1-2-4-13)20-11-15-17(19-9-8-18-15)14-7-10-22-12-14/h7-10,12-13H,1-6,11H2,(H,20,21). The van der Waals surface area contributed by atoms with Crippen molar-refractivity contribution < 1.29 is 4.79 Å². The number of rotatable bonds is 6. The SMILES string of the molecule is O=C(CCC1CCCC1)NCc1nccnc1-c1ccsc1. The molecule has 0 spiro atoms. The molecular formula is C17H21N3OS. The second-order valence-corrected chi connectivity index (χ2v) is 6.61. The van der Waals surface area contributed by atoms with Crippen LogP contribution in [0.1, 0.15) is 44.2 Å². The van der Waals surface area contributed by atoms with Crippen LogP contribution in [0.2, 0.25) is 0 Å². The molecule has 0 saturated heterocycles. The predicted octanol–water partition coefficient (Wildman–Crippen LogP) is 3.79. The molecule has 2 heterocycles. The molecule has 0 radical (unpaired) electrons. The number of nitrogens with one attached hydrogen (secondary N) is 1. The van der Waals surface area contributed by atoms with Gasteiger partial charge in [-0.1, -0.05) is 25.7 Å². The zero-order chi connectivity index (χ0) is 15.2. The summed E-state index contributed by atoms with van der Waals surface area (Å²) in [6.07, 6.45) is 10.3. The average molecular weight is 315 g/mol. The van der Waals surface area contributed by atoms with E-state index in [0.717, 1.165) is 29.3 Å². The Balaban J connectivity index is 1.54. The zero-order valence-corrected chi connectivity index (χ0v) is 13.4. The van der Waals surface area contributed by atoms with Gasteiger partial charge in [0.15, 0.2) is 0 Å². The summed E-state index contributed by atoms with van der Waals surface area (Å²) in [5, 5.41) is 7.06. The monoisotopic (exact) mass is 315 g/mol. The second kappa shape index (κ2) is 7.49. The molecule has 0 unspecified atom stereocenters. The highest BCUT2D eigenvalue weighted by atomic mass is 32.1. The van der Waals surface area contributed by atoms with Gasteiger partial charge in [-0.2, -0.15) is 11.3 Å². The van der Waals surface area contributed by atoms with E-state index in [0.29, 0.717) is 13.0 Å². The molecule has 1 amide bonds. The molecule has 2 aromatic heterocycles. The van der Waals surface area contributed by atoms with E-state index in [1.807, 2.05) is 11.4 Å². The van der Waals surface area contributed by atoms with Crippen molar-refractivity contribution in [1.82, 2.24) is 15.3 Å². The Labute approximate surface area is 135 Å². The maximum Gasteiger partial charge on any atom is 0.220 e. The summed E-state index contributed by atoms with van der Waals surface area (Å²) < 4.78 is 0. The summed E-state index contributed by atoms with van der Waals surface area (Å²) >= 11 is 1.63. The van der Waals surface area contributed by atoms with Crippen molar-refractivity contribution in [1.29, 1.82) is 0 Å². The minimum Gasteiger partial charge on any atom is -0.350 e. The fourth-order valence-electron chi connectivity index (χ4n) is 3.04. The molecule has 2 aromatic rings. The second-order valence-electron chi connectivity index (χ2n) is 5.83. The largest absolute Gasteiger partial charge is 0.350 e. The molecule has 1 saturated carbocycles. The summed E-state index contributed by atoms with van der Waals surface area (Å²) in [5.74, 6) is 0.873. The maximum atomic E-state index is 12.0. The molecule has 0 aromatic carbocycles. The van der Waals surface area contributed by atoms with Crippen LogP contribution in [0, 0.1) is 5.92 Å². The van der Waals surface area contributed by atoms with Crippen molar-refractivity contribution in [3.05, 3.63) is 34.9 Å². The van der Waals surface area contributed by atoms with Gasteiger partial charge in [-0.15, -0.1) is 0 Å². The highest BCUT2D eigenvalue weighted by Crippen LogP contribution is 2.28. The number of amides is 1. The molecule has 0 aliphatic heterocycles. The summed E-state index contributed by atoms with van der Waals surface area (Å²) in [4.78, 5) is 20.8. The summed E-state index contributed by atoms with van der Waals surface area (Å²) in [6.45, 7) is 0.447. The summed E-state index contributed by atoms with van der Waals surface area (Å²) in [5.41, 5.74) is 2.75. The lowest BCUT2D eigenvalue weighted by Gasteiger charge is -2.10. The zero-order valence-electron chi connectivity index (χ0n) is 12.6. The first-order valence-corrected chi connectivity index (χ1v) is 8.86. The first kappa shape index (κ1) is 15.2. The van der Waals surface area contributed by atoms with Gasteiger partial charge in [-0.05, 0) is 23.8 Å². The Kier molecular flexibility index (Phi) is 5.16. The molecule has 4 nitrogen and oxygen atoms in total. The fraction of sp³-hybridized carbons (Fsp3) is 0.471. The van der Waals surface area contributed by atoms with Crippen LogP contribution in [0.4, 0.5) is 0 Å². The molecule has 5 heteroatoms. The van der Waals surface area contributed by atoms with E-state index in [2.05, 4.69) is 20.7 Å². The summed E-state index contributed by atoms with van der Waals surface area (Å²) in [7, 11) is 0. The van der Waals surface area contributed by atoms with Crippen LogP contribution < -0.4 is 5.32 Å². The third-order valence-corrected chi connectivity index (χ3v) is 4.96. The first-order chi connectivity index (χ1) is 10.8. The van der Waals surface area contributed by atoms with Gasteiger partial charge in [0, 0.05) is 29.8 Å². The van der Waals surface area contributed by atoms with Crippen molar-refractivity contribution in [3.8, 4) is 11.3 Å². The van der Waals surface area contributed by atoms with E-state index in [9.17, 15) is 4.79 Å². The molecular weight excluding hydrogens is 294 g/mol. The van der Waals surface area contributed by atoms with Crippen molar-refractivity contribution in [2.75, 3.05) is 0 Å². The van der Waals surface area contributed by atoms with Crippen LogP contribution in [-0.4, -0.2) is 15.9 Å². The van der Waals surface area contributed by atoms with Crippen molar-refractivity contribution >= 4 is 17.2 Å². The van der Waals surface area contributed by atoms with E-state index in [1.165, 1.54) is 25.7 Å². The van der Waals surface area contributed by atoms with Crippen LogP contribution >= 0.6 is 11.3 Å². The Morgan fingerprint density at radius 3 is 2.86 bits per heavy atom. The molecule has 1 N–H and O–H groups in total. The lowest BCUT2D eigenvalue weighted by Crippen LogP contribution is -2.24. The summed E-state index contributed by atoms with van der Waals surface area (Å²) in [6, 6.07) is 2.03. The van der Waals surface area contributed by atoms with Crippen LogP contribution in [0.3, 0.4) is 0 Å². The molecule has 0 atom stereocenters. The van der Waals surface area contributed by atoms with Gasteiger partial charge >= 0.3 is 0 Å². The Morgan fingerprint density at radius 2 is 2.09 bits per heavy atom. The highest BCUT2D eigenvalue weighted by molar-refractivity contribution is 7.08. The molecule has 116 valence electrons. The molecule has 1 aliphatic rings. The predicted molar refractivity (Wildman–Crippen MR) is 88.4 cm³/mol. The van der Waals surface area contributed by atoms with Gasteiger partial charge in [0.2, 0.25) is 5.91 Å². The van der Waals surface area contributed by atoms with E-state index >= 15 is 0 Å². The molecule has 22 heavy (non-hydrogen) atoms. The smallest absolute Gasteiger partial charge is 0.220 e. The Morgan fingerprint density at radius 1 is 1.27 bits per heavy atom. The number of thiophene rings is 1. The normalized spacial score (nSPS) is 15.1. The van der Waals surface area contributed by atoms with Gasteiger partial charge in [-0.3, -0.25) is 14.8 Å². The lowest BCUT2D eigenvalue weighted by molar-refractivity contribution is -0.121. The van der Waals surface area contributed by atoms with Gasteiger partial charge in [-0.25, -0.2) is 0 Å². The van der Waals surface area contributed by atoms with Crippen LogP contribution in [-0.2, 0) is 11.3 Å². The molecule has 3 rings (SSSR count). The number of hydrogen-bond acceptors (Lipinski definition) is 4. The third kappa shape index (κ3) is 3.91. The topological polar surface area (TPSA) is 54.9 Å². The van der Waals surface area contributed by atoms with E-state index in [1.54, 1.807) is 23.7 Å². The number of hydrogen-bond donors (Lipinski definition) is 1. The van der Waals surface area contributed by atoms with Crippen molar-refractivity contribution in [3.63, 3.8) is 0 Å². The van der Waals surface area contributed by atoms with Crippen LogP contribution in [0.5, 0.6) is 0 Å². The van der Waals surface area contributed by atoms with Gasteiger partial charge in [0.1, 0.15) is 0 Å². The highest BCUT2D eigenvalue weighted by Gasteiger charge is 2.16. The molecule has 1 aliphatic carbocycles. The number of aromatic nitrogens is 2. The first-order valence-electron chi connectivity index (χ1n) is 7.92. The maximum absolute atomic E-state index is 12.0. The molecule has 1 fully saturated rings. The van der Waals surface area contributed by atoms with E-state index in [-0.39, 0.29) is 5.91 Å². The Bertz CT molecular complexity index is 606. The van der Waals surface area contributed by atoms with Gasteiger partial charge < -0.3 is 5.32 Å².